The van der Waals surface area contributed by atoms with E-state index < -0.39 is 16.0 Å². The molecule has 0 aromatic carbocycles. The van der Waals surface area contributed by atoms with Crippen molar-refractivity contribution in [3.63, 3.8) is 0 Å². The third kappa shape index (κ3) is 3.34. The number of carboxylic acids is 1. The Morgan fingerprint density at radius 3 is 2.63 bits per heavy atom. The fourth-order valence-corrected chi connectivity index (χ4v) is 4.47. The minimum absolute atomic E-state index is 0.0371. The number of rotatable bonds is 7. The van der Waals surface area contributed by atoms with E-state index in [-0.39, 0.29) is 14.5 Å². The minimum Gasteiger partial charge on any atom is -0.477 e. The molecule has 0 aliphatic heterocycles. The fourth-order valence-electron chi connectivity index (χ4n) is 2.12. The van der Waals surface area contributed by atoms with Gasteiger partial charge in [0.2, 0.25) is 10.0 Å². The Balaban J connectivity index is 2.03. The van der Waals surface area contributed by atoms with Crippen LogP contribution in [-0.4, -0.2) is 26.0 Å². The molecule has 0 unspecified atom stereocenters. The maximum absolute atomic E-state index is 12.1. The number of thiophene rings is 1. The molecular formula is C12H17NO4S2. The summed E-state index contributed by atoms with van der Waals surface area (Å²) in [5, 5.41) is 8.80. The number of sulfonamides is 1. The Morgan fingerprint density at radius 1 is 1.47 bits per heavy atom. The second-order valence-electron chi connectivity index (χ2n) is 5.00. The highest BCUT2D eigenvalue weighted by molar-refractivity contribution is 7.91. The minimum atomic E-state index is -3.58. The smallest absolute Gasteiger partial charge is 0.345 e. The lowest BCUT2D eigenvalue weighted by Gasteiger charge is -2.14. The van der Waals surface area contributed by atoms with Crippen molar-refractivity contribution in [1.29, 1.82) is 0 Å². The predicted molar refractivity (Wildman–Crippen MR) is 73.0 cm³/mol. The number of nitrogens with one attached hydrogen (secondary N) is 1. The van der Waals surface area contributed by atoms with Crippen LogP contribution in [0.3, 0.4) is 0 Å². The van der Waals surface area contributed by atoms with Crippen LogP contribution in [0.1, 0.15) is 42.3 Å². The molecule has 1 aliphatic carbocycles. The monoisotopic (exact) mass is 303 g/mol. The molecule has 1 aromatic heterocycles. The van der Waals surface area contributed by atoms with E-state index in [0.717, 1.165) is 37.0 Å². The zero-order chi connectivity index (χ0) is 14.1. The van der Waals surface area contributed by atoms with Crippen molar-refractivity contribution in [1.82, 2.24) is 4.72 Å². The SMILES string of the molecule is CCCC1(CNS(=O)(=O)c2ccc(C(=O)O)s2)CC1. The van der Waals surface area contributed by atoms with Crippen LogP contribution in [0.5, 0.6) is 0 Å². The summed E-state index contributed by atoms with van der Waals surface area (Å²) in [5.74, 6) is -1.10. The van der Waals surface area contributed by atoms with Gasteiger partial charge in [-0.3, -0.25) is 0 Å². The fraction of sp³-hybridized carbons (Fsp3) is 0.583. The number of aromatic carboxylic acids is 1. The van der Waals surface area contributed by atoms with Gasteiger partial charge in [-0.15, -0.1) is 11.3 Å². The average molecular weight is 303 g/mol. The van der Waals surface area contributed by atoms with Crippen LogP contribution in [-0.2, 0) is 10.0 Å². The summed E-state index contributed by atoms with van der Waals surface area (Å²) in [6.07, 6.45) is 4.20. The number of hydrogen-bond acceptors (Lipinski definition) is 4. The molecule has 1 fully saturated rings. The first-order valence-corrected chi connectivity index (χ1v) is 8.51. The molecule has 0 spiro atoms. The Hall–Kier alpha value is -0.920. The normalized spacial score (nSPS) is 17.3. The van der Waals surface area contributed by atoms with Gasteiger partial charge in [-0.2, -0.15) is 0 Å². The van der Waals surface area contributed by atoms with Gasteiger partial charge in [-0.05, 0) is 36.8 Å². The van der Waals surface area contributed by atoms with Gasteiger partial charge < -0.3 is 5.11 Å². The van der Waals surface area contributed by atoms with Crippen LogP contribution in [0, 0.1) is 5.41 Å². The zero-order valence-corrected chi connectivity index (χ0v) is 12.3. The van der Waals surface area contributed by atoms with Crippen molar-refractivity contribution < 1.29 is 18.3 Å². The van der Waals surface area contributed by atoms with Crippen LogP contribution in [0.25, 0.3) is 0 Å². The molecule has 1 saturated carbocycles. The van der Waals surface area contributed by atoms with E-state index in [1.54, 1.807) is 0 Å². The van der Waals surface area contributed by atoms with Crippen LogP contribution in [0.15, 0.2) is 16.3 Å². The summed E-state index contributed by atoms with van der Waals surface area (Å²) >= 11 is 0.782. The van der Waals surface area contributed by atoms with E-state index >= 15 is 0 Å². The quantitative estimate of drug-likeness (QED) is 0.809. The van der Waals surface area contributed by atoms with E-state index in [1.165, 1.54) is 12.1 Å². The molecule has 1 heterocycles. The van der Waals surface area contributed by atoms with E-state index in [2.05, 4.69) is 11.6 Å². The highest BCUT2D eigenvalue weighted by Crippen LogP contribution is 2.49. The lowest BCUT2D eigenvalue weighted by Crippen LogP contribution is -2.29. The molecule has 0 atom stereocenters. The second-order valence-corrected chi connectivity index (χ2v) is 8.08. The van der Waals surface area contributed by atoms with Crippen molar-refractivity contribution in [2.75, 3.05) is 6.54 Å². The molecule has 19 heavy (non-hydrogen) atoms. The van der Waals surface area contributed by atoms with Gasteiger partial charge in [0.05, 0.1) is 0 Å². The number of hydrogen-bond donors (Lipinski definition) is 2. The molecule has 0 amide bonds. The molecule has 5 nitrogen and oxygen atoms in total. The standard InChI is InChI=1S/C12H17NO4S2/c1-2-5-12(6-7-12)8-13-19(16,17)10-4-3-9(18-10)11(14)15/h3-4,13H,2,5-8H2,1H3,(H,14,15). The summed E-state index contributed by atoms with van der Waals surface area (Å²) in [6, 6.07) is 2.66. The third-order valence-corrected chi connectivity index (χ3v) is 6.40. The van der Waals surface area contributed by atoms with Gasteiger partial charge in [0.25, 0.3) is 0 Å². The van der Waals surface area contributed by atoms with Crippen molar-refractivity contribution in [3.8, 4) is 0 Å². The molecule has 0 bridgehead atoms. The van der Waals surface area contributed by atoms with Crippen LogP contribution >= 0.6 is 11.3 Å². The topological polar surface area (TPSA) is 83.5 Å². The summed E-state index contributed by atoms with van der Waals surface area (Å²) < 4.78 is 26.8. The summed E-state index contributed by atoms with van der Waals surface area (Å²) in [7, 11) is -3.58. The summed E-state index contributed by atoms with van der Waals surface area (Å²) in [5.41, 5.74) is 0.134. The Morgan fingerprint density at radius 2 is 2.16 bits per heavy atom. The van der Waals surface area contributed by atoms with Crippen molar-refractivity contribution in [2.45, 2.75) is 36.8 Å². The van der Waals surface area contributed by atoms with Gasteiger partial charge in [0, 0.05) is 6.54 Å². The third-order valence-electron chi connectivity index (χ3n) is 3.43. The van der Waals surface area contributed by atoms with Gasteiger partial charge in [0.1, 0.15) is 9.09 Å². The van der Waals surface area contributed by atoms with Crippen LogP contribution in [0.2, 0.25) is 0 Å². The first-order chi connectivity index (χ1) is 8.88. The highest BCUT2D eigenvalue weighted by Gasteiger charge is 2.42. The number of carbonyl (C=O) groups is 1. The van der Waals surface area contributed by atoms with Crippen molar-refractivity contribution in [3.05, 3.63) is 17.0 Å². The maximum atomic E-state index is 12.1. The second kappa shape index (κ2) is 5.22. The Labute approximate surface area is 116 Å². The molecule has 106 valence electrons. The maximum Gasteiger partial charge on any atom is 0.345 e. The van der Waals surface area contributed by atoms with E-state index in [1.807, 2.05) is 0 Å². The van der Waals surface area contributed by atoms with Crippen LogP contribution < -0.4 is 4.72 Å². The van der Waals surface area contributed by atoms with Gasteiger partial charge >= 0.3 is 5.97 Å². The predicted octanol–water partition coefficient (Wildman–Crippen LogP) is 2.30. The Kier molecular flexibility index (Phi) is 3.98. The van der Waals surface area contributed by atoms with Gasteiger partial charge in [0.15, 0.2) is 0 Å². The van der Waals surface area contributed by atoms with E-state index in [9.17, 15) is 13.2 Å². The highest BCUT2D eigenvalue weighted by atomic mass is 32.2. The summed E-state index contributed by atoms with van der Waals surface area (Å²) in [6.45, 7) is 2.54. The molecular weight excluding hydrogens is 286 g/mol. The molecule has 0 saturated heterocycles. The Bertz CT molecular complexity index is 572. The molecule has 1 aliphatic rings. The lowest BCUT2D eigenvalue weighted by atomic mass is 10.0. The molecule has 1 aromatic rings. The van der Waals surface area contributed by atoms with E-state index in [4.69, 9.17) is 5.11 Å². The van der Waals surface area contributed by atoms with Gasteiger partial charge in [-0.25, -0.2) is 17.9 Å². The zero-order valence-electron chi connectivity index (χ0n) is 10.7. The average Bonchev–Trinajstić information content (AvgIpc) is 2.92. The molecule has 2 N–H and O–H groups in total. The first-order valence-electron chi connectivity index (χ1n) is 6.21. The molecule has 0 radical (unpaired) electrons. The first kappa shape index (κ1) is 14.5. The molecule has 7 heteroatoms. The van der Waals surface area contributed by atoms with Crippen LogP contribution in [0.4, 0.5) is 0 Å². The van der Waals surface area contributed by atoms with Crippen molar-refractivity contribution >= 4 is 27.3 Å². The van der Waals surface area contributed by atoms with E-state index in [0.29, 0.717) is 6.54 Å². The summed E-state index contributed by atoms with van der Waals surface area (Å²) in [4.78, 5) is 10.8. The largest absolute Gasteiger partial charge is 0.477 e. The van der Waals surface area contributed by atoms with Gasteiger partial charge in [-0.1, -0.05) is 13.3 Å². The van der Waals surface area contributed by atoms with Crippen molar-refractivity contribution in [2.24, 2.45) is 5.41 Å². The molecule has 2 rings (SSSR count). The lowest BCUT2D eigenvalue weighted by molar-refractivity contribution is 0.0702. The number of carboxylic acid groups (broad SMARTS) is 1.